The minimum absolute atomic E-state index is 0.0141. The van der Waals surface area contributed by atoms with Crippen molar-refractivity contribution in [3.05, 3.63) is 29.1 Å². The minimum atomic E-state index is -4.11. The molecule has 0 aliphatic heterocycles. The highest BCUT2D eigenvalue weighted by atomic mass is 35.7. The number of hydrogen-bond donors (Lipinski definition) is 0. The van der Waals surface area contributed by atoms with Gasteiger partial charge in [-0.05, 0) is 31.9 Å². The van der Waals surface area contributed by atoms with Crippen LogP contribution in [0.4, 0.5) is 4.39 Å². The van der Waals surface area contributed by atoms with Gasteiger partial charge >= 0.3 is 0 Å². The second-order valence-electron chi connectivity index (χ2n) is 5.26. The first-order valence-electron chi connectivity index (χ1n) is 6.62. The van der Waals surface area contributed by atoms with Crippen LogP contribution in [0.5, 0.6) is 0 Å². The van der Waals surface area contributed by atoms with Gasteiger partial charge in [-0.25, -0.2) is 12.8 Å². The average Bonchev–Trinajstić information content (AvgIpc) is 2.36. The summed E-state index contributed by atoms with van der Waals surface area (Å²) < 4.78 is 36.8. The van der Waals surface area contributed by atoms with Crippen LogP contribution in [-0.2, 0) is 9.05 Å². The molecule has 0 unspecified atom stereocenters. The summed E-state index contributed by atoms with van der Waals surface area (Å²) in [5.74, 6) is -0.923. The van der Waals surface area contributed by atoms with Gasteiger partial charge in [0.05, 0.1) is 4.90 Å². The molecule has 0 atom stereocenters. The van der Waals surface area contributed by atoms with Gasteiger partial charge in [-0.3, -0.25) is 4.79 Å². The van der Waals surface area contributed by atoms with E-state index in [1.54, 1.807) is 4.90 Å². The van der Waals surface area contributed by atoms with E-state index in [1.165, 1.54) is 6.92 Å². The number of halogens is 2. The van der Waals surface area contributed by atoms with E-state index in [0.29, 0.717) is 13.1 Å². The van der Waals surface area contributed by atoms with Gasteiger partial charge in [0.15, 0.2) is 0 Å². The van der Waals surface area contributed by atoms with Crippen molar-refractivity contribution >= 4 is 25.6 Å². The van der Waals surface area contributed by atoms with E-state index in [2.05, 4.69) is 0 Å². The number of carbonyl (C=O) groups excluding carboxylic acids is 1. The van der Waals surface area contributed by atoms with Crippen molar-refractivity contribution in [2.75, 3.05) is 13.1 Å². The Morgan fingerprint density at radius 3 is 2.38 bits per heavy atom. The Hall–Kier alpha value is -1.14. The highest BCUT2D eigenvalue weighted by Crippen LogP contribution is 2.24. The van der Waals surface area contributed by atoms with Crippen molar-refractivity contribution in [2.24, 2.45) is 5.92 Å². The third-order valence-electron chi connectivity index (χ3n) is 3.06. The molecule has 0 bridgehead atoms. The molecule has 0 N–H and O–H groups in total. The molecule has 1 amide bonds. The molecule has 0 aliphatic rings. The van der Waals surface area contributed by atoms with Crippen LogP contribution in [-0.4, -0.2) is 32.3 Å². The molecule has 4 nitrogen and oxygen atoms in total. The Morgan fingerprint density at radius 2 is 1.95 bits per heavy atom. The lowest BCUT2D eigenvalue weighted by Gasteiger charge is -2.23. The molecule has 0 radical (unpaired) electrons. The molecule has 0 aromatic heterocycles. The molecule has 1 aromatic rings. The number of nitrogens with zero attached hydrogens (tertiary/aromatic N) is 1. The predicted octanol–water partition coefficient (Wildman–Crippen LogP) is 3.18. The molecular weight excluding hydrogens is 317 g/mol. The molecule has 7 heteroatoms. The molecule has 21 heavy (non-hydrogen) atoms. The van der Waals surface area contributed by atoms with Gasteiger partial charge in [-0.15, -0.1) is 0 Å². The number of benzene rings is 1. The van der Waals surface area contributed by atoms with Crippen molar-refractivity contribution in [1.82, 2.24) is 4.90 Å². The summed E-state index contributed by atoms with van der Waals surface area (Å²) >= 11 is 0. The summed E-state index contributed by atoms with van der Waals surface area (Å²) in [7, 11) is 1.18. The molecule has 0 saturated carbocycles. The van der Waals surface area contributed by atoms with Crippen LogP contribution in [0, 0.1) is 18.7 Å². The summed E-state index contributed by atoms with van der Waals surface area (Å²) in [6.45, 7) is 8.00. The third-order valence-corrected chi connectivity index (χ3v) is 4.51. The first-order chi connectivity index (χ1) is 9.57. The minimum Gasteiger partial charge on any atom is -0.339 e. The van der Waals surface area contributed by atoms with E-state index in [9.17, 15) is 17.6 Å². The topological polar surface area (TPSA) is 54.5 Å². The normalized spacial score (nSPS) is 11.8. The second-order valence-corrected chi connectivity index (χ2v) is 7.79. The van der Waals surface area contributed by atoms with E-state index < -0.39 is 20.8 Å². The lowest BCUT2D eigenvalue weighted by Crippen LogP contribution is -2.34. The van der Waals surface area contributed by atoms with Gasteiger partial charge < -0.3 is 4.90 Å². The van der Waals surface area contributed by atoms with Crippen molar-refractivity contribution in [1.29, 1.82) is 0 Å². The number of rotatable bonds is 5. The standard InChI is InChI=1S/C14H19ClFNO3S/c1-5-17(8-9(2)3)14(18)11-6-12(16)10(4)13(7-11)21(15,19)20/h6-7,9H,5,8H2,1-4H3. The van der Waals surface area contributed by atoms with Crippen LogP contribution in [0.2, 0.25) is 0 Å². The van der Waals surface area contributed by atoms with E-state index in [0.717, 1.165) is 12.1 Å². The van der Waals surface area contributed by atoms with Gasteiger partial charge in [-0.1, -0.05) is 13.8 Å². The van der Waals surface area contributed by atoms with Crippen LogP contribution in [0.15, 0.2) is 17.0 Å². The summed E-state index contributed by atoms with van der Waals surface area (Å²) in [5.41, 5.74) is -0.103. The Bertz CT molecular complexity index is 644. The molecule has 1 rings (SSSR count). The van der Waals surface area contributed by atoms with Crippen LogP contribution < -0.4 is 0 Å². The van der Waals surface area contributed by atoms with E-state index in [4.69, 9.17) is 10.7 Å². The predicted molar refractivity (Wildman–Crippen MR) is 80.6 cm³/mol. The summed E-state index contributed by atoms with van der Waals surface area (Å²) in [5, 5.41) is 0. The van der Waals surface area contributed by atoms with Gasteiger partial charge in [0, 0.05) is 34.9 Å². The largest absolute Gasteiger partial charge is 0.339 e. The fraction of sp³-hybridized carbons (Fsp3) is 0.500. The highest BCUT2D eigenvalue weighted by molar-refractivity contribution is 8.13. The van der Waals surface area contributed by atoms with Crippen LogP contribution in [0.25, 0.3) is 0 Å². The molecular formula is C14H19ClFNO3S. The SMILES string of the molecule is CCN(CC(C)C)C(=O)c1cc(F)c(C)c(S(=O)(=O)Cl)c1. The van der Waals surface area contributed by atoms with Crippen molar-refractivity contribution in [2.45, 2.75) is 32.6 Å². The van der Waals surface area contributed by atoms with Crippen LogP contribution >= 0.6 is 10.7 Å². The fourth-order valence-corrected chi connectivity index (χ4v) is 3.22. The molecule has 118 valence electrons. The smallest absolute Gasteiger partial charge is 0.261 e. The van der Waals surface area contributed by atoms with Crippen LogP contribution in [0.1, 0.15) is 36.7 Å². The number of hydrogen-bond acceptors (Lipinski definition) is 3. The zero-order chi connectivity index (χ0) is 16.4. The maximum atomic E-state index is 13.9. The van der Waals surface area contributed by atoms with E-state index in [1.807, 2.05) is 20.8 Å². The maximum Gasteiger partial charge on any atom is 0.261 e. The number of carbonyl (C=O) groups is 1. The molecule has 1 aromatic carbocycles. The highest BCUT2D eigenvalue weighted by Gasteiger charge is 2.22. The van der Waals surface area contributed by atoms with E-state index >= 15 is 0 Å². The fourth-order valence-electron chi connectivity index (χ4n) is 2.01. The number of amides is 1. The van der Waals surface area contributed by atoms with Crippen LogP contribution in [0.3, 0.4) is 0 Å². The van der Waals surface area contributed by atoms with Crippen molar-refractivity contribution in [3.8, 4) is 0 Å². The Balaban J connectivity index is 3.31. The summed E-state index contributed by atoms with van der Waals surface area (Å²) in [6, 6.07) is 2.18. The molecule has 0 spiro atoms. The lowest BCUT2D eigenvalue weighted by molar-refractivity contribution is 0.0745. The first-order valence-corrected chi connectivity index (χ1v) is 8.93. The lowest BCUT2D eigenvalue weighted by atomic mass is 10.1. The molecule has 0 aliphatic carbocycles. The molecule has 0 saturated heterocycles. The third kappa shape index (κ3) is 4.41. The summed E-state index contributed by atoms with van der Waals surface area (Å²) in [6.07, 6.45) is 0. The van der Waals surface area contributed by atoms with Gasteiger partial charge in [-0.2, -0.15) is 0 Å². The quantitative estimate of drug-likeness (QED) is 0.776. The zero-order valence-electron chi connectivity index (χ0n) is 12.5. The van der Waals surface area contributed by atoms with Crippen molar-refractivity contribution in [3.63, 3.8) is 0 Å². The van der Waals surface area contributed by atoms with Gasteiger partial charge in [0.1, 0.15) is 5.82 Å². The average molecular weight is 336 g/mol. The first kappa shape index (κ1) is 17.9. The molecule has 0 heterocycles. The zero-order valence-corrected chi connectivity index (χ0v) is 14.1. The Kier molecular flexibility index (Phi) is 5.75. The Labute approximate surface area is 129 Å². The van der Waals surface area contributed by atoms with Gasteiger partial charge in [0.2, 0.25) is 0 Å². The maximum absolute atomic E-state index is 13.9. The monoisotopic (exact) mass is 335 g/mol. The van der Waals surface area contributed by atoms with E-state index in [-0.39, 0.29) is 21.9 Å². The van der Waals surface area contributed by atoms with Gasteiger partial charge in [0.25, 0.3) is 15.0 Å². The summed E-state index contributed by atoms with van der Waals surface area (Å²) in [4.78, 5) is 13.5. The second kappa shape index (κ2) is 6.75. The molecule has 0 fully saturated rings. The van der Waals surface area contributed by atoms with Crippen molar-refractivity contribution < 1.29 is 17.6 Å². The Morgan fingerprint density at radius 1 is 1.38 bits per heavy atom.